The van der Waals surface area contributed by atoms with Crippen LogP contribution in [0.2, 0.25) is 0 Å². The number of aromatic carboxylic acids is 1. The van der Waals surface area contributed by atoms with Crippen molar-refractivity contribution >= 4 is 16.0 Å². The molecule has 3 N–H and O–H groups in total. The summed E-state index contributed by atoms with van der Waals surface area (Å²) < 4.78 is 27.7. The van der Waals surface area contributed by atoms with E-state index in [2.05, 4.69) is 14.9 Å². The van der Waals surface area contributed by atoms with Crippen molar-refractivity contribution in [1.29, 1.82) is 0 Å². The molecule has 1 aromatic heterocycles. The maximum absolute atomic E-state index is 12.5. The Hall–Kier alpha value is -1.41. The molecule has 110 valence electrons. The zero-order valence-corrected chi connectivity index (χ0v) is 11.9. The first-order valence-corrected chi connectivity index (χ1v) is 8.19. The maximum atomic E-state index is 12.5. The number of hydrogen-bond acceptors (Lipinski definition) is 4. The topological polar surface area (TPSA) is 112 Å². The predicted molar refractivity (Wildman–Crippen MR) is 69.8 cm³/mol. The number of rotatable bonds is 6. The summed E-state index contributed by atoms with van der Waals surface area (Å²) >= 11 is 0. The molecule has 2 aliphatic carbocycles. The Morgan fingerprint density at radius 3 is 2.35 bits per heavy atom. The molecule has 1 heterocycles. The van der Waals surface area contributed by atoms with Gasteiger partial charge in [0.25, 0.3) is 0 Å². The molecule has 0 radical (unpaired) electrons. The molecule has 0 spiro atoms. The lowest BCUT2D eigenvalue weighted by atomic mass is 10.1. The Bertz CT molecular complexity index is 632. The maximum Gasteiger partial charge on any atom is 0.357 e. The quantitative estimate of drug-likeness (QED) is 0.722. The van der Waals surface area contributed by atoms with Crippen LogP contribution in [0, 0.1) is 18.8 Å². The minimum absolute atomic E-state index is 0.0593. The highest BCUT2D eigenvalue weighted by atomic mass is 32.2. The largest absolute Gasteiger partial charge is 0.476 e. The fourth-order valence-electron chi connectivity index (χ4n) is 2.62. The summed E-state index contributed by atoms with van der Waals surface area (Å²) in [6.45, 7) is 1.51. The molecule has 0 amide bonds. The number of H-pyrrole nitrogens is 1. The number of carboxylic acid groups (broad SMARTS) is 1. The van der Waals surface area contributed by atoms with Gasteiger partial charge in [-0.15, -0.1) is 0 Å². The van der Waals surface area contributed by atoms with Crippen molar-refractivity contribution in [3.63, 3.8) is 0 Å². The second-order valence-corrected chi connectivity index (χ2v) is 7.30. The van der Waals surface area contributed by atoms with Crippen LogP contribution in [0.5, 0.6) is 0 Å². The SMILES string of the molecule is Cc1[nH]nc(C(=O)O)c1S(=O)(=O)NC(C1CC1)C1CC1. The fraction of sp³-hybridized carbons (Fsp3) is 0.667. The minimum Gasteiger partial charge on any atom is -0.476 e. The third-order valence-electron chi connectivity index (χ3n) is 3.91. The monoisotopic (exact) mass is 299 g/mol. The summed E-state index contributed by atoms with van der Waals surface area (Å²) in [7, 11) is -3.86. The summed E-state index contributed by atoms with van der Waals surface area (Å²) in [5, 5.41) is 15.0. The van der Waals surface area contributed by atoms with Gasteiger partial charge < -0.3 is 5.11 Å². The van der Waals surface area contributed by atoms with Crippen LogP contribution in [0.15, 0.2) is 4.90 Å². The Labute approximate surface area is 116 Å². The summed E-state index contributed by atoms with van der Waals surface area (Å²) in [5.74, 6) is -0.542. The van der Waals surface area contributed by atoms with Gasteiger partial charge in [-0.25, -0.2) is 17.9 Å². The van der Waals surface area contributed by atoms with E-state index in [9.17, 15) is 13.2 Å². The summed E-state index contributed by atoms with van der Waals surface area (Å²) in [5.41, 5.74) is -0.194. The summed E-state index contributed by atoms with van der Waals surface area (Å²) in [6.07, 6.45) is 4.17. The Morgan fingerprint density at radius 2 is 1.90 bits per heavy atom. The van der Waals surface area contributed by atoms with E-state index < -0.39 is 21.7 Å². The lowest BCUT2D eigenvalue weighted by Crippen LogP contribution is -2.38. The van der Waals surface area contributed by atoms with E-state index in [-0.39, 0.29) is 16.6 Å². The van der Waals surface area contributed by atoms with Gasteiger partial charge in [0.2, 0.25) is 10.0 Å². The number of nitrogens with one attached hydrogen (secondary N) is 2. The molecule has 1 aromatic rings. The molecule has 0 aliphatic heterocycles. The number of nitrogens with zero attached hydrogens (tertiary/aromatic N) is 1. The molecule has 7 nitrogen and oxygen atoms in total. The van der Waals surface area contributed by atoms with Crippen LogP contribution in [0.4, 0.5) is 0 Å². The zero-order chi connectivity index (χ0) is 14.5. The normalized spacial score (nSPS) is 19.5. The molecule has 2 fully saturated rings. The lowest BCUT2D eigenvalue weighted by molar-refractivity contribution is 0.0686. The first-order chi connectivity index (χ1) is 9.40. The van der Waals surface area contributed by atoms with E-state index in [0.717, 1.165) is 25.7 Å². The van der Waals surface area contributed by atoms with Crippen LogP contribution < -0.4 is 4.72 Å². The van der Waals surface area contributed by atoms with Gasteiger partial charge in [0.1, 0.15) is 4.90 Å². The van der Waals surface area contributed by atoms with Gasteiger partial charge in [-0.3, -0.25) is 5.10 Å². The molecule has 8 heteroatoms. The van der Waals surface area contributed by atoms with Crippen molar-refractivity contribution in [3.8, 4) is 0 Å². The smallest absolute Gasteiger partial charge is 0.357 e. The van der Waals surface area contributed by atoms with Crippen molar-refractivity contribution in [2.75, 3.05) is 0 Å². The summed E-state index contributed by atoms with van der Waals surface area (Å²) in [4.78, 5) is 10.8. The number of aryl methyl sites for hydroxylation is 1. The molecule has 0 unspecified atom stereocenters. The van der Waals surface area contributed by atoms with Crippen LogP contribution in [-0.2, 0) is 10.0 Å². The number of aromatic nitrogens is 2. The average molecular weight is 299 g/mol. The van der Waals surface area contributed by atoms with Crippen molar-refractivity contribution in [1.82, 2.24) is 14.9 Å². The lowest BCUT2D eigenvalue weighted by Gasteiger charge is -2.17. The number of carboxylic acids is 1. The highest BCUT2D eigenvalue weighted by Crippen LogP contribution is 2.45. The van der Waals surface area contributed by atoms with Crippen molar-refractivity contribution in [2.24, 2.45) is 11.8 Å². The second-order valence-electron chi connectivity index (χ2n) is 5.65. The van der Waals surface area contributed by atoms with Crippen LogP contribution >= 0.6 is 0 Å². The minimum atomic E-state index is -3.86. The van der Waals surface area contributed by atoms with Gasteiger partial charge in [0.15, 0.2) is 5.69 Å². The van der Waals surface area contributed by atoms with Crippen molar-refractivity contribution in [3.05, 3.63) is 11.4 Å². The molecule has 20 heavy (non-hydrogen) atoms. The van der Waals surface area contributed by atoms with Crippen molar-refractivity contribution < 1.29 is 18.3 Å². The van der Waals surface area contributed by atoms with Gasteiger partial charge in [0, 0.05) is 6.04 Å². The molecular formula is C12H17N3O4S. The Balaban J connectivity index is 1.91. The van der Waals surface area contributed by atoms with Gasteiger partial charge in [-0.1, -0.05) is 0 Å². The van der Waals surface area contributed by atoms with E-state index in [4.69, 9.17) is 5.11 Å². The van der Waals surface area contributed by atoms with Gasteiger partial charge in [0.05, 0.1) is 5.69 Å². The molecule has 0 atom stereocenters. The first-order valence-electron chi connectivity index (χ1n) is 6.70. The van der Waals surface area contributed by atoms with E-state index >= 15 is 0 Å². The second kappa shape index (κ2) is 4.56. The van der Waals surface area contributed by atoms with Crippen molar-refractivity contribution in [2.45, 2.75) is 43.5 Å². The number of carbonyl (C=O) groups is 1. The number of sulfonamides is 1. The van der Waals surface area contributed by atoms with Crippen LogP contribution in [0.1, 0.15) is 41.9 Å². The highest BCUT2D eigenvalue weighted by Gasteiger charge is 2.44. The average Bonchev–Trinajstić information content (AvgIpc) is 3.23. The third kappa shape index (κ3) is 2.45. The van der Waals surface area contributed by atoms with E-state index in [1.54, 1.807) is 0 Å². The zero-order valence-electron chi connectivity index (χ0n) is 11.1. The van der Waals surface area contributed by atoms with Gasteiger partial charge >= 0.3 is 5.97 Å². The van der Waals surface area contributed by atoms with Gasteiger partial charge in [-0.05, 0) is 44.4 Å². The predicted octanol–water partition coefficient (Wildman–Crippen LogP) is 0.883. The van der Waals surface area contributed by atoms with Crippen LogP contribution in [0.3, 0.4) is 0 Å². The molecule has 0 aromatic carbocycles. The highest BCUT2D eigenvalue weighted by molar-refractivity contribution is 7.89. The van der Waals surface area contributed by atoms with E-state index in [1.807, 2.05) is 0 Å². The Morgan fingerprint density at radius 1 is 1.35 bits per heavy atom. The standard InChI is InChI=1S/C12H17N3O4S/c1-6-11(10(12(16)17)14-13-6)20(18,19)15-9(7-2-3-7)8-4-5-8/h7-9,15H,2-5H2,1H3,(H,13,14)(H,16,17). The van der Waals surface area contributed by atoms with Gasteiger partial charge in [-0.2, -0.15) is 5.10 Å². The molecule has 0 saturated heterocycles. The first kappa shape index (κ1) is 13.6. The molecule has 3 rings (SSSR count). The van der Waals surface area contributed by atoms with E-state index in [0.29, 0.717) is 11.8 Å². The molecular weight excluding hydrogens is 282 g/mol. The summed E-state index contributed by atoms with van der Waals surface area (Å²) in [6, 6.07) is -0.0593. The van der Waals surface area contributed by atoms with Crippen LogP contribution in [-0.4, -0.2) is 35.7 Å². The fourth-order valence-corrected chi connectivity index (χ4v) is 4.32. The number of aromatic amines is 1. The Kier molecular flexibility index (Phi) is 3.09. The molecule has 2 aliphatic rings. The molecule has 2 saturated carbocycles. The van der Waals surface area contributed by atoms with E-state index in [1.165, 1.54) is 6.92 Å². The third-order valence-corrected chi connectivity index (χ3v) is 5.53. The molecule has 0 bridgehead atoms. The van der Waals surface area contributed by atoms with Crippen LogP contribution in [0.25, 0.3) is 0 Å². The number of hydrogen-bond donors (Lipinski definition) is 3.